The number of aromatic nitrogens is 1. The van der Waals surface area contributed by atoms with Gasteiger partial charge in [0.25, 0.3) is 5.56 Å². The summed E-state index contributed by atoms with van der Waals surface area (Å²) >= 11 is 0. The van der Waals surface area contributed by atoms with Gasteiger partial charge in [-0.15, -0.1) is 0 Å². The molecule has 0 saturated carbocycles. The number of aryl methyl sites for hydroxylation is 1. The van der Waals surface area contributed by atoms with Gasteiger partial charge < -0.3 is 18.9 Å². The number of carbonyl (C=O) groups is 1. The van der Waals surface area contributed by atoms with Crippen LogP contribution in [0, 0.1) is 0 Å². The number of rotatable bonds is 4. The monoisotopic (exact) mass is 320 g/mol. The third-order valence-electron chi connectivity index (χ3n) is 4.94. The molecule has 126 valence electrons. The van der Waals surface area contributed by atoms with E-state index in [-0.39, 0.29) is 23.2 Å². The van der Waals surface area contributed by atoms with E-state index in [4.69, 9.17) is 9.47 Å². The lowest BCUT2D eigenvalue weighted by atomic mass is 9.86. The van der Waals surface area contributed by atoms with Crippen LogP contribution in [-0.4, -0.2) is 53.9 Å². The first-order chi connectivity index (χ1) is 11.1. The highest BCUT2D eigenvalue weighted by atomic mass is 16.6. The van der Waals surface area contributed by atoms with Gasteiger partial charge in [0.2, 0.25) is 5.91 Å². The molecule has 0 N–H and O–H groups in total. The summed E-state index contributed by atoms with van der Waals surface area (Å²) in [4.78, 5) is 26.1. The average molecular weight is 320 g/mol. The minimum Gasteiger partial charge on any atom is -0.378 e. The molecule has 23 heavy (non-hydrogen) atoms. The first-order valence-electron chi connectivity index (χ1n) is 8.25. The van der Waals surface area contributed by atoms with Crippen LogP contribution in [0.5, 0.6) is 0 Å². The largest absolute Gasteiger partial charge is 0.378 e. The minimum atomic E-state index is -0.341. The van der Waals surface area contributed by atoms with Gasteiger partial charge in [-0.2, -0.15) is 0 Å². The molecule has 2 fully saturated rings. The van der Waals surface area contributed by atoms with Crippen LogP contribution < -0.4 is 5.56 Å². The summed E-state index contributed by atoms with van der Waals surface area (Å²) in [7, 11) is 1.72. The number of methoxy groups -OCH3 is 1. The van der Waals surface area contributed by atoms with Gasteiger partial charge in [0.1, 0.15) is 5.60 Å². The molecule has 1 aromatic heterocycles. The number of hydrogen-bond acceptors (Lipinski definition) is 4. The number of ether oxygens (including phenoxy) is 2. The van der Waals surface area contributed by atoms with Gasteiger partial charge in [0, 0.05) is 45.5 Å². The lowest BCUT2D eigenvalue weighted by Gasteiger charge is -2.44. The smallest absolute Gasteiger partial charge is 0.250 e. The zero-order valence-electron chi connectivity index (χ0n) is 13.6. The second-order valence-electron chi connectivity index (χ2n) is 6.33. The van der Waals surface area contributed by atoms with Crippen molar-refractivity contribution < 1.29 is 14.3 Å². The molecule has 3 rings (SSSR count). The molecule has 0 aromatic carbocycles. The van der Waals surface area contributed by atoms with Crippen molar-refractivity contribution >= 4 is 5.91 Å². The second-order valence-corrected chi connectivity index (χ2v) is 6.33. The Morgan fingerprint density at radius 3 is 3.04 bits per heavy atom. The van der Waals surface area contributed by atoms with Crippen LogP contribution in [0.4, 0.5) is 0 Å². The molecule has 0 bridgehead atoms. The van der Waals surface area contributed by atoms with Crippen molar-refractivity contribution in [2.75, 3.05) is 26.8 Å². The molecule has 1 spiro atoms. The zero-order chi connectivity index (χ0) is 16.3. The summed E-state index contributed by atoms with van der Waals surface area (Å²) in [5.74, 6) is 0.0742. The SMILES string of the molecule is CO[C@H]1CCN(C(=O)CCn2ccccc2=O)C[C@@]12CCCO2. The van der Waals surface area contributed by atoms with Crippen molar-refractivity contribution in [2.24, 2.45) is 0 Å². The van der Waals surface area contributed by atoms with Crippen molar-refractivity contribution in [3.8, 4) is 0 Å². The maximum absolute atomic E-state index is 12.5. The molecular formula is C17H24N2O4. The fourth-order valence-corrected chi connectivity index (χ4v) is 3.70. The Hall–Kier alpha value is -1.66. The fourth-order valence-electron chi connectivity index (χ4n) is 3.70. The van der Waals surface area contributed by atoms with Crippen molar-refractivity contribution in [3.63, 3.8) is 0 Å². The van der Waals surface area contributed by atoms with E-state index in [1.54, 1.807) is 30.0 Å². The number of hydrogen-bond donors (Lipinski definition) is 0. The average Bonchev–Trinajstić information content (AvgIpc) is 3.02. The molecule has 0 unspecified atom stereocenters. The summed E-state index contributed by atoms with van der Waals surface area (Å²) in [6.45, 7) is 2.43. The van der Waals surface area contributed by atoms with Crippen LogP contribution in [0.25, 0.3) is 0 Å². The Balaban J connectivity index is 1.62. The Morgan fingerprint density at radius 2 is 2.35 bits per heavy atom. The fraction of sp³-hybridized carbons (Fsp3) is 0.647. The number of amides is 1. The highest BCUT2D eigenvalue weighted by molar-refractivity contribution is 5.76. The molecule has 6 heteroatoms. The van der Waals surface area contributed by atoms with Crippen molar-refractivity contribution in [1.29, 1.82) is 0 Å². The number of pyridine rings is 1. The van der Waals surface area contributed by atoms with E-state index in [0.29, 0.717) is 26.1 Å². The topological polar surface area (TPSA) is 60.8 Å². The summed E-state index contributed by atoms with van der Waals surface area (Å²) in [6, 6.07) is 5.02. The van der Waals surface area contributed by atoms with Crippen molar-refractivity contribution in [3.05, 3.63) is 34.7 Å². The highest BCUT2D eigenvalue weighted by Gasteiger charge is 2.48. The van der Waals surface area contributed by atoms with Crippen molar-refractivity contribution in [1.82, 2.24) is 9.47 Å². The molecule has 6 nitrogen and oxygen atoms in total. The van der Waals surface area contributed by atoms with Gasteiger partial charge in [-0.1, -0.05) is 6.07 Å². The van der Waals surface area contributed by atoms with Gasteiger partial charge in [-0.25, -0.2) is 0 Å². The molecule has 1 amide bonds. The quantitative estimate of drug-likeness (QED) is 0.831. The number of piperidine rings is 1. The first-order valence-corrected chi connectivity index (χ1v) is 8.25. The molecule has 2 aliphatic heterocycles. The molecule has 2 saturated heterocycles. The summed E-state index contributed by atoms with van der Waals surface area (Å²) < 4.78 is 13.1. The van der Waals surface area contributed by atoms with Crippen LogP contribution >= 0.6 is 0 Å². The van der Waals surface area contributed by atoms with Gasteiger partial charge in [-0.05, 0) is 25.3 Å². The minimum absolute atomic E-state index is 0.0609. The van der Waals surface area contributed by atoms with E-state index in [9.17, 15) is 9.59 Å². The Morgan fingerprint density at radius 1 is 1.48 bits per heavy atom. The van der Waals surface area contributed by atoms with Crippen molar-refractivity contribution in [2.45, 2.75) is 43.9 Å². The molecule has 0 radical (unpaired) electrons. The maximum atomic E-state index is 12.5. The Kier molecular flexibility index (Phi) is 4.82. The van der Waals surface area contributed by atoms with Gasteiger partial charge in [0.05, 0.1) is 12.6 Å². The van der Waals surface area contributed by atoms with Crippen LogP contribution in [0.15, 0.2) is 29.2 Å². The third-order valence-corrected chi connectivity index (χ3v) is 4.94. The lowest BCUT2D eigenvalue weighted by Crippen LogP contribution is -2.58. The summed E-state index contributed by atoms with van der Waals surface area (Å²) in [6.07, 6.45) is 4.86. The molecule has 1 aromatic rings. The van der Waals surface area contributed by atoms with E-state index in [1.165, 1.54) is 6.07 Å². The van der Waals surface area contributed by atoms with Crippen LogP contribution in [0.1, 0.15) is 25.7 Å². The van der Waals surface area contributed by atoms with Crippen LogP contribution in [-0.2, 0) is 20.8 Å². The normalized spacial score (nSPS) is 27.5. The summed E-state index contributed by atoms with van der Waals surface area (Å²) in [5, 5.41) is 0. The first kappa shape index (κ1) is 16.2. The molecule has 0 aliphatic carbocycles. The van der Waals surface area contributed by atoms with E-state index in [2.05, 4.69) is 0 Å². The predicted molar refractivity (Wildman–Crippen MR) is 85.2 cm³/mol. The number of likely N-dealkylation sites (tertiary alicyclic amines) is 1. The zero-order valence-corrected chi connectivity index (χ0v) is 13.6. The standard InChI is InChI=1S/C17H24N2O4/c1-22-14-6-10-19(13-17(14)8-4-12-23-17)16(21)7-11-18-9-3-2-5-15(18)20/h2-3,5,9,14H,4,6-8,10-13H2,1H3/t14-,17-/m0/s1. The molecule has 3 heterocycles. The molecule has 2 atom stereocenters. The Bertz CT molecular complexity index is 607. The van der Waals surface area contributed by atoms with Gasteiger partial charge >= 0.3 is 0 Å². The lowest BCUT2D eigenvalue weighted by molar-refractivity contribution is -0.160. The molecule has 2 aliphatic rings. The summed E-state index contributed by atoms with van der Waals surface area (Å²) in [5.41, 5.74) is -0.416. The second kappa shape index (κ2) is 6.84. The maximum Gasteiger partial charge on any atom is 0.250 e. The third kappa shape index (κ3) is 3.33. The van der Waals surface area contributed by atoms with E-state index in [1.807, 2.05) is 4.90 Å². The van der Waals surface area contributed by atoms with E-state index in [0.717, 1.165) is 25.9 Å². The number of carbonyl (C=O) groups excluding carboxylic acids is 1. The van der Waals surface area contributed by atoms with E-state index < -0.39 is 0 Å². The van der Waals surface area contributed by atoms with Crippen LogP contribution in [0.2, 0.25) is 0 Å². The Labute approximate surface area is 136 Å². The predicted octanol–water partition coefficient (Wildman–Crippen LogP) is 1.03. The van der Waals surface area contributed by atoms with Gasteiger partial charge in [0.15, 0.2) is 0 Å². The number of nitrogens with zero attached hydrogens (tertiary/aromatic N) is 2. The van der Waals surface area contributed by atoms with Gasteiger partial charge in [-0.3, -0.25) is 9.59 Å². The van der Waals surface area contributed by atoms with Crippen LogP contribution in [0.3, 0.4) is 0 Å². The van der Waals surface area contributed by atoms with E-state index >= 15 is 0 Å². The highest BCUT2D eigenvalue weighted by Crippen LogP contribution is 2.36. The molecular weight excluding hydrogens is 296 g/mol.